The lowest BCUT2D eigenvalue weighted by Crippen LogP contribution is -3.15. The molecule has 152 valence electrons. The Morgan fingerprint density at radius 2 is 1.89 bits per heavy atom. The van der Waals surface area contributed by atoms with Crippen LogP contribution in [-0.2, 0) is 4.79 Å². The number of quaternary nitrogens is 1. The van der Waals surface area contributed by atoms with Crippen molar-refractivity contribution in [2.24, 2.45) is 5.41 Å². The van der Waals surface area contributed by atoms with Crippen LogP contribution in [0.15, 0.2) is 47.1 Å². The molecule has 0 aliphatic carbocycles. The summed E-state index contributed by atoms with van der Waals surface area (Å²) >= 11 is 0. The van der Waals surface area contributed by atoms with Crippen molar-refractivity contribution in [2.75, 3.05) is 44.7 Å². The van der Waals surface area contributed by atoms with Crippen molar-refractivity contribution >= 4 is 11.6 Å². The topological polar surface area (TPSA) is 59.1 Å². The van der Waals surface area contributed by atoms with Crippen LogP contribution in [0.2, 0.25) is 0 Å². The summed E-state index contributed by atoms with van der Waals surface area (Å²) in [6, 6.07) is 12.3. The first-order valence-electron chi connectivity index (χ1n) is 9.94. The van der Waals surface area contributed by atoms with E-state index >= 15 is 0 Å². The quantitative estimate of drug-likeness (QED) is 0.796. The van der Waals surface area contributed by atoms with E-state index in [0.717, 1.165) is 37.7 Å². The fraction of sp³-hybridized carbons (Fsp3) is 0.500. The Hall–Kier alpha value is -2.47. The van der Waals surface area contributed by atoms with Gasteiger partial charge in [0.1, 0.15) is 5.75 Å². The molecule has 2 aromatic rings. The Kier molecular flexibility index (Phi) is 6.29. The number of furan rings is 1. The van der Waals surface area contributed by atoms with Gasteiger partial charge in [-0.1, -0.05) is 20.8 Å². The summed E-state index contributed by atoms with van der Waals surface area (Å²) in [5.74, 6) is 1.88. The van der Waals surface area contributed by atoms with Crippen LogP contribution in [0.1, 0.15) is 32.6 Å². The molecule has 0 bridgehead atoms. The van der Waals surface area contributed by atoms with E-state index in [4.69, 9.17) is 9.15 Å². The summed E-state index contributed by atoms with van der Waals surface area (Å²) in [5.41, 5.74) is 0.825. The van der Waals surface area contributed by atoms with Gasteiger partial charge in [-0.2, -0.15) is 0 Å². The maximum atomic E-state index is 12.3. The lowest BCUT2D eigenvalue weighted by molar-refractivity contribution is -0.932. The maximum absolute atomic E-state index is 12.3. The van der Waals surface area contributed by atoms with E-state index < -0.39 is 5.41 Å². The predicted molar refractivity (Wildman–Crippen MR) is 110 cm³/mol. The van der Waals surface area contributed by atoms with Crippen LogP contribution in [0.25, 0.3) is 0 Å². The zero-order chi connectivity index (χ0) is 20.1. The molecular weight excluding hydrogens is 354 g/mol. The number of amides is 1. The number of methoxy groups -OCH3 is 1. The Bertz CT molecular complexity index is 742. The number of hydrogen-bond acceptors (Lipinski definition) is 4. The molecule has 0 saturated carbocycles. The van der Waals surface area contributed by atoms with Gasteiger partial charge in [0.15, 0.2) is 11.8 Å². The lowest BCUT2D eigenvalue weighted by atomic mass is 9.95. The number of anilines is 1. The second-order valence-electron chi connectivity index (χ2n) is 8.37. The van der Waals surface area contributed by atoms with Crippen LogP contribution in [0.4, 0.5) is 5.69 Å². The van der Waals surface area contributed by atoms with E-state index in [1.54, 1.807) is 13.4 Å². The van der Waals surface area contributed by atoms with Gasteiger partial charge in [-0.15, -0.1) is 0 Å². The van der Waals surface area contributed by atoms with Gasteiger partial charge in [0, 0.05) is 11.1 Å². The minimum atomic E-state index is -0.393. The van der Waals surface area contributed by atoms with Gasteiger partial charge in [-0.3, -0.25) is 4.79 Å². The average Bonchev–Trinajstić information content (AvgIpc) is 3.22. The molecule has 1 aliphatic rings. The van der Waals surface area contributed by atoms with Crippen LogP contribution in [0, 0.1) is 5.41 Å². The number of nitrogens with zero attached hydrogens (tertiary/aromatic N) is 1. The minimum absolute atomic E-state index is 0.0697. The molecule has 2 heterocycles. The zero-order valence-electron chi connectivity index (χ0n) is 17.3. The van der Waals surface area contributed by atoms with E-state index in [9.17, 15) is 4.79 Å². The highest BCUT2D eigenvalue weighted by Crippen LogP contribution is 2.20. The average molecular weight is 387 g/mol. The highest BCUT2D eigenvalue weighted by atomic mass is 16.5. The van der Waals surface area contributed by atoms with E-state index in [1.807, 2.05) is 45.0 Å². The molecule has 0 unspecified atom stereocenters. The van der Waals surface area contributed by atoms with Crippen LogP contribution < -0.4 is 19.9 Å². The lowest BCUT2D eigenvalue weighted by Gasteiger charge is -2.37. The molecule has 6 heteroatoms. The molecular formula is C22H32N3O3+. The third-order valence-electron chi connectivity index (χ3n) is 5.37. The molecule has 1 amide bonds. The first-order valence-corrected chi connectivity index (χ1v) is 9.94. The highest BCUT2D eigenvalue weighted by molar-refractivity contribution is 5.81. The van der Waals surface area contributed by atoms with Gasteiger partial charge >= 0.3 is 0 Å². The van der Waals surface area contributed by atoms with Gasteiger partial charge in [-0.25, -0.2) is 0 Å². The second-order valence-corrected chi connectivity index (χ2v) is 8.37. The number of benzene rings is 1. The number of nitrogens with one attached hydrogen (secondary N) is 2. The first kappa shape index (κ1) is 20.3. The van der Waals surface area contributed by atoms with Crippen molar-refractivity contribution < 1.29 is 18.8 Å². The molecule has 1 fully saturated rings. The maximum Gasteiger partial charge on any atom is 0.225 e. The second kappa shape index (κ2) is 8.69. The number of carbonyl (C=O) groups excluding carboxylic acids is 1. The minimum Gasteiger partial charge on any atom is -0.497 e. The van der Waals surface area contributed by atoms with Crippen molar-refractivity contribution in [3.8, 4) is 5.75 Å². The summed E-state index contributed by atoms with van der Waals surface area (Å²) in [6.45, 7) is 10.3. The summed E-state index contributed by atoms with van der Waals surface area (Å²) in [4.78, 5) is 16.2. The van der Waals surface area contributed by atoms with Crippen molar-refractivity contribution in [3.05, 3.63) is 48.4 Å². The summed E-state index contributed by atoms with van der Waals surface area (Å²) in [7, 11) is 1.68. The van der Waals surface area contributed by atoms with Gasteiger partial charge in [0.2, 0.25) is 5.91 Å². The molecule has 1 atom stereocenters. The summed E-state index contributed by atoms with van der Waals surface area (Å²) < 4.78 is 11.0. The van der Waals surface area contributed by atoms with Crippen molar-refractivity contribution in [1.29, 1.82) is 0 Å². The smallest absolute Gasteiger partial charge is 0.225 e. The number of piperazine rings is 1. The monoisotopic (exact) mass is 386 g/mol. The fourth-order valence-electron chi connectivity index (χ4n) is 3.59. The van der Waals surface area contributed by atoms with Crippen molar-refractivity contribution in [1.82, 2.24) is 5.32 Å². The van der Waals surface area contributed by atoms with Crippen LogP contribution in [0.5, 0.6) is 5.75 Å². The molecule has 1 aromatic heterocycles. The van der Waals surface area contributed by atoms with Crippen molar-refractivity contribution in [2.45, 2.75) is 26.8 Å². The van der Waals surface area contributed by atoms with E-state index in [1.165, 1.54) is 10.6 Å². The standard InChI is InChI=1S/C22H31N3O3/c1-22(2,3)21(26)23-16-19(20-6-5-15-28-20)25-13-11-24(12-14-25)17-7-9-18(27-4)10-8-17/h5-10,15,19H,11-14,16H2,1-4H3,(H,23,26)/p+1/t19-/m0/s1. The molecule has 0 spiro atoms. The largest absolute Gasteiger partial charge is 0.497 e. The van der Waals surface area contributed by atoms with Gasteiger partial charge in [0.25, 0.3) is 0 Å². The van der Waals surface area contributed by atoms with Gasteiger partial charge < -0.3 is 24.3 Å². The third kappa shape index (κ3) is 4.87. The molecule has 2 N–H and O–H groups in total. The number of rotatable bonds is 6. The summed E-state index contributed by atoms with van der Waals surface area (Å²) in [6.07, 6.45) is 1.71. The molecule has 6 nitrogen and oxygen atoms in total. The number of ether oxygens (including phenoxy) is 1. The highest BCUT2D eigenvalue weighted by Gasteiger charge is 2.32. The molecule has 1 aromatic carbocycles. The van der Waals surface area contributed by atoms with Crippen LogP contribution in [0.3, 0.4) is 0 Å². The molecule has 28 heavy (non-hydrogen) atoms. The van der Waals surface area contributed by atoms with Gasteiger partial charge in [-0.05, 0) is 36.4 Å². The van der Waals surface area contributed by atoms with Crippen molar-refractivity contribution in [3.63, 3.8) is 0 Å². The fourth-order valence-corrected chi connectivity index (χ4v) is 3.59. The van der Waals surface area contributed by atoms with E-state index in [0.29, 0.717) is 6.54 Å². The zero-order valence-corrected chi connectivity index (χ0v) is 17.3. The Morgan fingerprint density at radius 1 is 1.21 bits per heavy atom. The van der Waals surface area contributed by atoms with Crippen LogP contribution >= 0.6 is 0 Å². The number of hydrogen-bond donors (Lipinski definition) is 2. The first-order chi connectivity index (χ1) is 13.4. The Balaban J connectivity index is 1.63. The predicted octanol–water partition coefficient (Wildman–Crippen LogP) is 1.90. The van der Waals surface area contributed by atoms with Crippen LogP contribution in [-0.4, -0.2) is 45.7 Å². The van der Waals surface area contributed by atoms with E-state index in [-0.39, 0.29) is 11.9 Å². The van der Waals surface area contributed by atoms with Gasteiger partial charge in [0.05, 0.1) is 46.1 Å². The molecule has 1 saturated heterocycles. The SMILES string of the molecule is COc1ccc(N2CC[NH+]([C@@H](CNC(=O)C(C)(C)C)c3ccco3)CC2)cc1. The summed E-state index contributed by atoms with van der Waals surface area (Å²) in [5, 5.41) is 3.12. The third-order valence-corrected chi connectivity index (χ3v) is 5.37. The molecule has 1 aliphatic heterocycles. The molecule has 3 rings (SSSR count). The number of carbonyl (C=O) groups is 1. The Morgan fingerprint density at radius 3 is 2.43 bits per heavy atom. The normalized spacial score (nSPS) is 16.6. The molecule has 0 radical (unpaired) electrons. The Labute approximate surface area is 167 Å². The van der Waals surface area contributed by atoms with E-state index in [2.05, 4.69) is 22.3 Å².